The predicted octanol–water partition coefficient (Wildman–Crippen LogP) is 5.38. The second-order valence-corrected chi connectivity index (χ2v) is 14.1. The highest BCUT2D eigenvalue weighted by atomic mass is 79.9. The van der Waals surface area contributed by atoms with E-state index in [-0.39, 0.29) is 17.7 Å². The minimum atomic E-state index is -1.06. The van der Waals surface area contributed by atoms with Gasteiger partial charge in [0.1, 0.15) is 11.6 Å². The summed E-state index contributed by atoms with van der Waals surface area (Å²) in [4.78, 5) is 43.9. The monoisotopic (exact) mass is 688 g/mol. The molecule has 3 aliphatic rings. The van der Waals surface area contributed by atoms with Gasteiger partial charge in [0.2, 0.25) is 11.8 Å². The van der Waals surface area contributed by atoms with Crippen LogP contribution in [0.2, 0.25) is 0 Å². The van der Waals surface area contributed by atoms with Crippen molar-refractivity contribution < 1.29 is 19.1 Å². The molecular weight excluding hydrogens is 644 g/mol. The Morgan fingerprint density at radius 1 is 0.891 bits per heavy atom. The first-order valence-electron chi connectivity index (χ1n) is 16.8. The van der Waals surface area contributed by atoms with Gasteiger partial charge in [-0.05, 0) is 98.1 Å². The minimum Gasteiger partial charge on any atom is -0.381 e. The Morgan fingerprint density at radius 2 is 1.59 bits per heavy atom. The van der Waals surface area contributed by atoms with E-state index in [0.717, 1.165) is 85.6 Å². The van der Waals surface area contributed by atoms with E-state index < -0.39 is 11.6 Å². The number of piperidine rings is 1. The molecule has 1 saturated carbocycles. The fourth-order valence-electron chi connectivity index (χ4n) is 7.33. The topological polar surface area (TPSA) is 99.8 Å². The molecule has 2 heterocycles. The normalized spacial score (nSPS) is 19.8. The second-order valence-electron chi connectivity index (χ2n) is 13.2. The number of rotatable bonds is 10. The van der Waals surface area contributed by atoms with Crippen LogP contribution in [-0.2, 0) is 20.7 Å². The van der Waals surface area contributed by atoms with Gasteiger partial charge in [-0.25, -0.2) is 0 Å². The van der Waals surface area contributed by atoms with E-state index in [9.17, 15) is 14.4 Å². The van der Waals surface area contributed by atoms with Gasteiger partial charge >= 0.3 is 0 Å². The predicted molar refractivity (Wildman–Crippen MR) is 184 cm³/mol. The molecule has 1 aliphatic carbocycles. The lowest BCUT2D eigenvalue weighted by molar-refractivity contribution is -0.132. The van der Waals surface area contributed by atoms with E-state index >= 15 is 0 Å². The molecule has 3 N–H and O–H groups in total. The van der Waals surface area contributed by atoms with Gasteiger partial charge in [0.05, 0.1) is 0 Å². The number of nitrogens with one attached hydrogen (secondary N) is 3. The van der Waals surface area contributed by atoms with Crippen LogP contribution in [0.1, 0.15) is 67.3 Å². The van der Waals surface area contributed by atoms with Crippen molar-refractivity contribution in [3.8, 4) is 0 Å². The lowest BCUT2D eigenvalue weighted by Gasteiger charge is -2.39. The van der Waals surface area contributed by atoms with Crippen molar-refractivity contribution in [2.24, 2.45) is 5.92 Å². The Bertz CT molecular complexity index is 1510. The summed E-state index contributed by atoms with van der Waals surface area (Å²) in [6, 6.07) is 21.2. The van der Waals surface area contributed by atoms with Crippen LogP contribution >= 0.6 is 15.9 Å². The van der Waals surface area contributed by atoms with E-state index in [1.165, 1.54) is 0 Å². The summed E-state index contributed by atoms with van der Waals surface area (Å²) in [5, 5.41) is 11.4. The molecule has 3 amide bonds. The molecule has 0 bridgehead atoms. The van der Waals surface area contributed by atoms with Crippen molar-refractivity contribution >= 4 is 44.4 Å². The maximum absolute atomic E-state index is 14.1. The third-order valence-electron chi connectivity index (χ3n) is 10.1. The molecule has 2 aliphatic heterocycles. The van der Waals surface area contributed by atoms with Crippen LogP contribution in [0.15, 0.2) is 71.2 Å². The highest BCUT2D eigenvalue weighted by molar-refractivity contribution is 9.10. The lowest BCUT2D eigenvalue weighted by Crippen LogP contribution is -2.61. The summed E-state index contributed by atoms with van der Waals surface area (Å²) >= 11 is 3.50. The van der Waals surface area contributed by atoms with Crippen molar-refractivity contribution in [2.75, 3.05) is 32.8 Å². The smallest absolute Gasteiger partial charge is 0.252 e. The zero-order chi connectivity index (χ0) is 31.9. The largest absolute Gasteiger partial charge is 0.381 e. The van der Waals surface area contributed by atoms with Crippen LogP contribution in [0.25, 0.3) is 10.8 Å². The van der Waals surface area contributed by atoms with Gasteiger partial charge in [0.15, 0.2) is 0 Å². The summed E-state index contributed by atoms with van der Waals surface area (Å²) in [5.74, 6) is -0.331. The first-order chi connectivity index (χ1) is 22.4. The van der Waals surface area contributed by atoms with Crippen LogP contribution in [0, 0.1) is 5.92 Å². The molecule has 244 valence electrons. The van der Waals surface area contributed by atoms with Gasteiger partial charge in [-0.2, -0.15) is 0 Å². The SMILES string of the molecule is O=C(NC1(C(=O)N[C@H](Cc2ccccc2)C(=O)NCC2CCN(C3CCOCC3)CC2)CCCC1)c1ccc2cc(Br)ccc2c1. The number of fused-ring (bicyclic) bond motifs is 1. The number of hydrogen-bond acceptors (Lipinski definition) is 5. The number of amides is 3. The number of carbonyl (C=O) groups is 3. The van der Waals surface area contributed by atoms with E-state index in [0.29, 0.717) is 43.3 Å². The summed E-state index contributed by atoms with van der Waals surface area (Å²) in [5.41, 5.74) is 0.424. The van der Waals surface area contributed by atoms with Gasteiger partial charge in [-0.15, -0.1) is 0 Å². The molecule has 8 nitrogen and oxygen atoms in total. The maximum Gasteiger partial charge on any atom is 0.252 e. The van der Waals surface area contributed by atoms with E-state index in [1.807, 2.05) is 60.7 Å². The minimum absolute atomic E-state index is 0.177. The van der Waals surface area contributed by atoms with Gasteiger partial charge in [0.25, 0.3) is 5.91 Å². The van der Waals surface area contributed by atoms with Crippen LogP contribution in [0.3, 0.4) is 0 Å². The molecule has 1 atom stereocenters. The zero-order valence-electron chi connectivity index (χ0n) is 26.4. The summed E-state index contributed by atoms with van der Waals surface area (Å²) in [7, 11) is 0. The number of ether oxygens (including phenoxy) is 1. The molecule has 3 aromatic rings. The first kappa shape index (κ1) is 32.7. The molecule has 0 radical (unpaired) electrons. The van der Waals surface area contributed by atoms with Crippen molar-refractivity contribution in [2.45, 2.75) is 75.4 Å². The van der Waals surface area contributed by atoms with Crippen LogP contribution in [0.4, 0.5) is 0 Å². The number of nitrogens with zero attached hydrogens (tertiary/aromatic N) is 1. The Kier molecular flexibility index (Phi) is 10.7. The quantitative estimate of drug-likeness (QED) is 0.266. The molecule has 9 heteroatoms. The molecule has 0 unspecified atom stereocenters. The Hall–Kier alpha value is -3.27. The van der Waals surface area contributed by atoms with E-state index in [4.69, 9.17) is 4.74 Å². The van der Waals surface area contributed by atoms with Crippen molar-refractivity contribution in [3.63, 3.8) is 0 Å². The average molecular weight is 690 g/mol. The van der Waals surface area contributed by atoms with Gasteiger partial charge in [-0.1, -0.05) is 71.2 Å². The molecule has 3 fully saturated rings. The highest BCUT2D eigenvalue weighted by Crippen LogP contribution is 2.31. The summed E-state index contributed by atoms with van der Waals surface area (Å²) in [6.45, 7) is 4.39. The molecule has 46 heavy (non-hydrogen) atoms. The van der Waals surface area contributed by atoms with Crippen molar-refractivity contribution in [1.82, 2.24) is 20.9 Å². The van der Waals surface area contributed by atoms with Gasteiger partial charge < -0.3 is 25.6 Å². The number of carbonyl (C=O) groups excluding carboxylic acids is 3. The third kappa shape index (κ3) is 7.99. The van der Waals surface area contributed by atoms with Gasteiger partial charge in [-0.3, -0.25) is 14.4 Å². The number of benzene rings is 3. The first-order valence-corrected chi connectivity index (χ1v) is 17.6. The fourth-order valence-corrected chi connectivity index (χ4v) is 7.71. The van der Waals surface area contributed by atoms with Crippen LogP contribution in [0.5, 0.6) is 0 Å². The summed E-state index contributed by atoms with van der Waals surface area (Å²) in [6.07, 6.45) is 7.43. The molecule has 3 aromatic carbocycles. The Balaban J connectivity index is 1.10. The molecule has 0 aromatic heterocycles. The van der Waals surface area contributed by atoms with E-state index in [2.05, 4.69) is 36.8 Å². The number of halogens is 1. The molecule has 2 saturated heterocycles. The maximum atomic E-state index is 14.1. The Labute approximate surface area is 280 Å². The van der Waals surface area contributed by atoms with Crippen molar-refractivity contribution in [3.05, 3.63) is 82.3 Å². The zero-order valence-corrected chi connectivity index (χ0v) is 28.0. The fraction of sp³-hybridized carbons (Fsp3) is 0.486. The van der Waals surface area contributed by atoms with Crippen LogP contribution < -0.4 is 16.0 Å². The third-order valence-corrected chi connectivity index (χ3v) is 10.6. The molecular formula is C37H45BrN4O4. The highest BCUT2D eigenvalue weighted by Gasteiger charge is 2.44. The summed E-state index contributed by atoms with van der Waals surface area (Å²) < 4.78 is 6.51. The Morgan fingerprint density at radius 3 is 2.33 bits per heavy atom. The standard InChI is InChI=1S/C37H45BrN4O4/c38-31-11-10-28-23-30(9-8-29(28)24-31)34(43)41-37(16-4-5-17-37)36(45)40-33(22-26-6-2-1-3-7-26)35(44)39-25-27-12-18-42(19-13-27)32-14-20-46-21-15-32/h1-3,6-11,23-24,27,32-33H,4-5,12-22,25H2,(H,39,44)(H,40,45)(H,41,43)/t33-/m1/s1. The van der Waals surface area contributed by atoms with Crippen molar-refractivity contribution in [1.29, 1.82) is 0 Å². The average Bonchev–Trinajstić information content (AvgIpc) is 3.57. The number of likely N-dealkylation sites (tertiary alicyclic amines) is 1. The molecule has 0 spiro atoms. The molecule has 6 rings (SSSR count). The second kappa shape index (κ2) is 15.1. The lowest BCUT2D eigenvalue weighted by atomic mass is 9.93. The number of hydrogen-bond donors (Lipinski definition) is 3. The van der Waals surface area contributed by atoms with Crippen LogP contribution in [-0.4, -0.2) is 73.1 Å². The van der Waals surface area contributed by atoms with Gasteiger partial charge in [0, 0.05) is 42.3 Å². The van der Waals surface area contributed by atoms with E-state index in [1.54, 1.807) is 6.07 Å².